The predicted octanol–water partition coefficient (Wildman–Crippen LogP) is 1.08. The molecule has 25 heavy (non-hydrogen) atoms. The predicted molar refractivity (Wildman–Crippen MR) is 101 cm³/mol. The third-order valence-electron chi connectivity index (χ3n) is 3.98. The van der Waals surface area contributed by atoms with Crippen LogP contribution in [0.2, 0.25) is 0 Å². The van der Waals surface area contributed by atoms with Crippen LogP contribution >= 0.6 is 11.3 Å². The van der Waals surface area contributed by atoms with Crippen LogP contribution < -0.4 is 16.0 Å². The van der Waals surface area contributed by atoms with Gasteiger partial charge in [-0.1, -0.05) is 20.8 Å². The fraction of sp³-hybridized carbons (Fsp3) is 0.706. The SMILES string of the molecule is CC(C)(C)C(=O)Nc1nc(CC(=O)NCCCN2CCNCC2)cs1. The molecule has 0 atom stereocenters. The van der Waals surface area contributed by atoms with Gasteiger partial charge in [-0.2, -0.15) is 0 Å². The molecule has 2 amide bonds. The number of nitrogens with zero attached hydrogens (tertiary/aromatic N) is 2. The third-order valence-corrected chi connectivity index (χ3v) is 4.78. The Kier molecular flexibility index (Phi) is 7.34. The number of anilines is 1. The van der Waals surface area contributed by atoms with Gasteiger partial charge in [0.15, 0.2) is 5.13 Å². The zero-order valence-electron chi connectivity index (χ0n) is 15.4. The Bertz CT molecular complexity index is 576. The second kappa shape index (κ2) is 9.26. The van der Waals surface area contributed by atoms with Crippen molar-refractivity contribution in [1.29, 1.82) is 0 Å². The molecule has 1 fully saturated rings. The van der Waals surface area contributed by atoms with E-state index in [9.17, 15) is 9.59 Å². The number of hydrogen-bond acceptors (Lipinski definition) is 6. The van der Waals surface area contributed by atoms with Crippen molar-refractivity contribution in [2.75, 3.05) is 44.6 Å². The van der Waals surface area contributed by atoms with Crippen LogP contribution in [0.15, 0.2) is 5.38 Å². The third kappa shape index (κ3) is 7.09. The maximum atomic E-state index is 12.0. The second-order valence-corrected chi connectivity index (χ2v) is 8.18. The van der Waals surface area contributed by atoms with Crippen LogP contribution in [0.4, 0.5) is 5.13 Å². The largest absolute Gasteiger partial charge is 0.356 e. The molecule has 7 nitrogen and oxygen atoms in total. The molecule has 1 aliphatic rings. The lowest BCUT2D eigenvalue weighted by molar-refractivity contribution is -0.123. The smallest absolute Gasteiger partial charge is 0.231 e. The number of aromatic nitrogens is 1. The fourth-order valence-corrected chi connectivity index (χ4v) is 3.13. The van der Waals surface area contributed by atoms with Gasteiger partial charge in [0.05, 0.1) is 12.1 Å². The number of hydrogen-bond donors (Lipinski definition) is 3. The molecule has 3 N–H and O–H groups in total. The standard InChI is InChI=1S/C17H29N5O2S/c1-17(2,3)15(24)21-16-20-13(12-25-16)11-14(23)19-5-4-8-22-9-6-18-7-10-22/h12,18H,4-11H2,1-3H3,(H,19,23)(H,20,21,24). The summed E-state index contributed by atoms with van der Waals surface area (Å²) in [6, 6.07) is 0. The van der Waals surface area contributed by atoms with Crippen molar-refractivity contribution < 1.29 is 9.59 Å². The van der Waals surface area contributed by atoms with Crippen molar-refractivity contribution in [2.24, 2.45) is 5.41 Å². The number of thiazole rings is 1. The zero-order chi connectivity index (χ0) is 18.3. The van der Waals surface area contributed by atoms with Gasteiger partial charge in [-0.15, -0.1) is 11.3 Å². The molecule has 140 valence electrons. The van der Waals surface area contributed by atoms with Crippen LogP contribution in [0.25, 0.3) is 0 Å². The van der Waals surface area contributed by atoms with Gasteiger partial charge in [0.1, 0.15) is 0 Å². The van der Waals surface area contributed by atoms with E-state index < -0.39 is 5.41 Å². The summed E-state index contributed by atoms with van der Waals surface area (Å²) in [7, 11) is 0. The molecule has 1 aromatic rings. The summed E-state index contributed by atoms with van der Waals surface area (Å²) in [5, 5.41) is 11.4. The Labute approximate surface area is 153 Å². The Hall–Kier alpha value is -1.51. The summed E-state index contributed by atoms with van der Waals surface area (Å²) in [6.07, 6.45) is 1.20. The average Bonchev–Trinajstić information content (AvgIpc) is 2.98. The fourth-order valence-electron chi connectivity index (χ4n) is 2.42. The molecule has 8 heteroatoms. The molecule has 0 aromatic carbocycles. The lowest BCUT2D eigenvalue weighted by Crippen LogP contribution is -2.44. The Morgan fingerprint density at radius 2 is 2.04 bits per heavy atom. The van der Waals surface area contributed by atoms with E-state index in [1.54, 1.807) is 0 Å². The summed E-state index contributed by atoms with van der Waals surface area (Å²) >= 11 is 1.35. The number of piperazine rings is 1. The molecule has 0 radical (unpaired) electrons. The molecule has 0 saturated carbocycles. The van der Waals surface area contributed by atoms with Crippen molar-refractivity contribution >= 4 is 28.3 Å². The molecular weight excluding hydrogens is 338 g/mol. The van der Waals surface area contributed by atoms with E-state index in [-0.39, 0.29) is 18.2 Å². The van der Waals surface area contributed by atoms with Crippen molar-refractivity contribution in [3.05, 3.63) is 11.1 Å². The first-order valence-corrected chi connectivity index (χ1v) is 9.68. The number of amides is 2. The molecule has 1 saturated heterocycles. The highest BCUT2D eigenvalue weighted by Crippen LogP contribution is 2.20. The number of rotatable bonds is 7. The van der Waals surface area contributed by atoms with Crippen LogP contribution in [-0.2, 0) is 16.0 Å². The minimum atomic E-state index is -0.465. The first-order chi connectivity index (χ1) is 11.8. The minimum absolute atomic E-state index is 0.0284. The van der Waals surface area contributed by atoms with E-state index >= 15 is 0 Å². The lowest BCUT2D eigenvalue weighted by Gasteiger charge is -2.27. The van der Waals surface area contributed by atoms with E-state index in [0.717, 1.165) is 39.1 Å². The second-order valence-electron chi connectivity index (χ2n) is 7.32. The Balaban J connectivity index is 1.66. The Morgan fingerprint density at radius 3 is 2.72 bits per heavy atom. The van der Waals surface area contributed by atoms with E-state index in [4.69, 9.17) is 0 Å². The molecule has 0 bridgehead atoms. The van der Waals surface area contributed by atoms with Gasteiger partial charge in [-0.3, -0.25) is 9.59 Å². The quantitative estimate of drug-likeness (QED) is 0.628. The van der Waals surface area contributed by atoms with E-state index in [2.05, 4.69) is 25.8 Å². The maximum Gasteiger partial charge on any atom is 0.231 e. The van der Waals surface area contributed by atoms with E-state index in [1.807, 2.05) is 26.2 Å². The first-order valence-electron chi connectivity index (χ1n) is 8.80. The Morgan fingerprint density at radius 1 is 1.32 bits per heavy atom. The van der Waals surface area contributed by atoms with Crippen LogP contribution in [-0.4, -0.2) is 61.0 Å². The molecule has 2 rings (SSSR count). The van der Waals surface area contributed by atoms with E-state index in [1.165, 1.54) is 11.3 Å². The topological polar surface area (TPSA) is 86.4 Å². The van der Waals surface area contributed by atoms with Crippen molar-refractivity contribution in [1.82, 2.24) is 20.5 Å². The zero-order valence-corrected chi connectivity index (χ0v) is 16.2. The summed E-state index contributed by atoms with van der Waals surface area (Å²) in [4.78, 5) is 30.7. The highest BCUT2D eigenvalue weighted by Gasteiger charge is 2.22. The minimum Gasteiger partial charge on any atom is -0.356 e. The summed E-state index contributed by atoms with van der Waals surface area (Å²) < 4.78 is 0. The van der Waals surface area contributed by atoms with Crippen LogP contribution in [0.3, 0.4) is 0 Å². The molecule has 0 aliphatic carbocycles. The van der Waals surface area contributed by atoms with Gasteiger partial charge < -0.3 is 20.9 Å². The number of carbonyl (C=O) groups is 2. The van der Waals surface area contributed by atoms with Crippen molar-refractivity contribution in [3.63, 3.8) is 0 Å². The van der Waals surface area contributed by atoms with Gasteiger partial charge in [-0.25, -0.2) is 4.98 Å². The normalized spacial score (nSPS) is 15.8. The molecular formula is C17H29N5O2S. The monoisotopic (exact) mass is 367 g/mol. The van der Waals surface area contributed by atoms with Crippen molar-refractivity contribution in [2.45, 2.75) is 33.6 Å². The highest BCUT2D eigenvalue weighted by atomic mass is 32.1. The van der Waals surface area contributed by atoms with Gasteiger partial charge in [0.25, 0.3) is 0 Å². The van der Waals surface area contributed by atoms with Crippen LogP contribution in [0.5, 0.6) is 0 Å². The number of carbonyl (C=O) groups excluding carboxylic acids is 2. The van der Waals surface area contributed by atoms with Gasteiger partial charge in [0, 0.05) is 43.5 Å². The molecule has 0 spiro atoms. The highest BCUT2D eigenvalue weighted by molar-refractivity contribution is 7.13. The van der Waals surface area contributed by atoms with Gasteiger partial charge in [0.2, 0.25) is 11.8 Å². The number of nitrogens with one attached hydrogen (secondary N) is 3. The molecule has 2 heterocycles. The first kappa shape index (κ1) is 19.8. The van der Waals surface area contributed by atoms with Crippen LogP contribution in [0.1, 0.15) is 32.9 Å². The lowest BCUT2D eigenvalue weighted by atomic mass is 9.96. The van der Waals surface area contributed by atoms with Gasteiger partial charge in [-0.05, 0) is 13.0 Å². The summed E-state index contributed by atoms with van der Waals surface area (Å²) in [6.45, 7) is 11.5. The summed E-state index contributed by atoms with van der Waals surface area (Å²) in [5.41, 5.74) is 0.224. The average molecular weight is 368 g/mol. The molecule has 1 aliphatic heterocycles. The van der Waals surface area contributed by atoms with E-state index in [0.29, 0.717) is 17.4 Å². The molecule has 1 aromatic heterocycles. The van der Waals surface area contributed by atoms with Gasteiger partial charge >= 0.3 is 0 Å². The van der Waals surface area contributed by atoms with Crippen LogP contribution in [0, 0.1) is 5.41 Å². The van der Waals surface area contributed by atoms with Crippen molar-refractivity contribution in [3.8, 4) is 0 Å². The summed E-state index contributed by atoms with van der Waals surface area (Å²) in [5.74, 6) is -0.106. The molecule has 0 unspecified atom stereocenters. The maximum absolute atomic E-state index is 12.0.